The Labute approximate surface area is 69.6 Å². The molecule has 2 nitrogen and oxygen atoms in total. The van der Waals surface area contributed by atoms with Crippen molar-refractivity contribution in [3.05, 3.63) is 0 Å². The summed E-state index contributed by atoms with van der Waals surface area (Å²) in [7, 11) is 0. The van der Waals surface area contributed by atoms with Gasteiger partial charge in [0.05, 0.1) is 12.6 Å². The molecule has 0 aromatic rings. The van der Waals surface area contributed by atoms with Crippen LogP contribution in [0.5, 0.6) is 0 Å². The zero-order chi connectivity index (χ0) is 8.53. The first-order chi connectivity index (χ1) is 5.27. The van der Waals surface area contributed by atoms with Gasteiger partial charge in [0, 0.05) is 0 Å². The van der Waals surface area contributed by atoms with Crippen LogP contribution >= 0.6 is 0 Å². The molecule has 0 aliphatic heterocycles. The van der Waals surface area contributed by atoms with Gasteiger partial charge in [-0.15, -0.1) is 0 Å². The fourth-order valence-corrected chi connectivity index (χ4v) is 0.947. The van der Waals surface area contributed by atoms with Gasteiger partial charge in [-0.3, -0.25) is 0 Å². The fourth-order valence-electron chi connectivity index (χ4n) is 0.947. The van der Waals surface area contributed by atoms with E-state index in [4.69, 9.17) is 5.26 Å². The predicted octanol–water partition coefficient (Wildman–Crippen LogP) is 1.93. The second-order valence-electron chi connectivity index (χ2n) is 3.22. The molecule has 2 heteroatoms. The summed E-state index contributed by atoms with van der Waals surface area (Å²) in [5.74, 6) is 0.811. The molecule has 0 aromatic carbocycles. The van der Waals surface area contributed by atoms with E-state index in [0.717, 1.165) is 12.5 Å². The van der Waals surface area contributed by atoms with Crippen LogP contribution in [0.2, 0.25) is 0 Å². The maximum atomic E-state index is 8.20. The number of hydrogen-bond acceptors (Lipinski definition) is 2. The van der Waals surface area contributed by atoms with Crippen molar-refractivity contribution in [3.8, 4) is 6.07 Å². The number of hydrogen-bond donors (Lipinski definition) is 1. The van der Waals surface area contributed by atoms with Gasteiger partial charge in [0.1, 0.15) is 0 Å². The molecule has 0 spiro atoms. The summed E-state index contributed by atoms with van der Waals surface area (Å²) in [5, 5.41) is 11.2. The van der Waals surface area contributed by atoms with Gasteiger partial charge in [-0.2, -0.15) is 5.26 Å². The van der Waals surface area contributed by atoms with Gasteiger partial charge in [-0.05, 0) is 18.9 Å². The molecular weight excluding hydrogens is 136 g/mol. The summed E-state index contributed by atoms with van der Waals surface area (Å²) in [4.78, 5) is 0. The second-order valence-corrected chi connectivity index (χ2v) is 3.22. The molecule has 0 unspecified atom stereocenters. The van der Waals surface area contributed by atoms with Crippen molar-refractivity contribution in [3.63, 3.8) is 0 Å². The highest BCUT2D eigenvalue weighted by atomic mass is 14.8. The monoisotopic (exact) mass is 154 g/mol. The Morgan fingerprint density at radius 1 is 1.36 bits per heavy atom. The molecular formula is C9H18N2. The van der Waals surface area contributed by atoms with E-state index in [2.05, 4.69) is 25.2 Å². The van der Waals surface area contributed by atoms with Crippen molar-refractivity contribution in [2.24, 2.45) is 5.92 Å². The predicted molar refractivity (Wildman–Crippen MR) is 47.2 cm³/mol. The van der Waals surface area contributed by atoms with Crippen molar-refractivity contribution >= 4 is 0 Å². The van der Waals surface area contributed by atoms with Gasteiger partial charge in [0.25, 0.3) is 0 Å². The summed E-state index contributed by atoms with van der Waals surface area (Å²) in [5.41, 5.74) is 0. The Morgan fingerprint density at radius 2 is 2.09 bits per heavy atom. The second kappa shape index (κ2) is 7.56. The summed E-state index contributed by atoms with van der Waals surface area (Å²) in [6.45, 7) is 5.95. The minimum atomic E-state index is 0.488. The Kier molecular flexibility index (Phi) is 7.18. The third-order valence-corrected chi connectivity index (χ3v) is 1.59. The van der Waals surface area contributed by atoms with Gasteiger partial charge < -0.3 is 5.32 Å². The third kappa shape index (κ3) is 9.45. The van der Waals surface area contributed by atoms with E-state index in [1.54, 1.807) is 0 Å². The first-order valence-corrected chi connectivity index (χ1v) is 4.35. The van der Waals surface area contributed by atoms with Crippen LogP contribution in [-0.2, 0) is 0 Å². The lowest BCUT2D eigenvalue weighted by Gasteiger charge is -2.03. The highest BCUT2D eigenvalue weighted by Crippen LogP contribution is 2.04. The van der Waals surface area contributed by atoms with Crippen LogP contribution in [0, 0.1) is 17.2 Å². The average Bonchev–Trinajstić information content (AvgIpc) is 1.96. The normalized spacial score (nSPS) is 10.0. The van der Waals surface area contributed by atoms with E-state index in [1.807, 2.05) is 0 Å². The highest BCUT2D eigenvalue weighted by Gasteiger charge is 1.92. The molecule has 0 aromatic heterocycles. The van der Waals surface area contributed by atoms with Gasteiger partial charge in [-0.1, -0.05) is 26.7 Å². The van der Waals surface area contributed by atoms with Crippen molar-refractivity contribution < 1.29 is 0 Å². The molecule has 0 saturated heterocycles. The SMILES string of the molecule is CC(C)CCCCNCC#N. The first kappa shape index (κ1) is 10.4. The van der Waals surface area contributed by atoms with Crippen LogP contribution in [0.25, 0.3) is 0 Å². The first-order valence-electron chi connectivity index (χ1n) is 4.35. The highest BCUT2D eigenvalue weighted by molar-refractivity contribution is 4.72. The van der Waals surface area contributed by atoms with Crippen LogP contribution in [0.3, 0.4) is 0 Å². The van der Waals surface area contributed by atoms with Crippen LogP contribution in [0.4, 0.5) is 0 Å². The van der Waals surface area contributed by atoms with Crippen molar-refractivity contribution in [1.29, 1.82) is 5.26 Å². The number of rotatable bonds is 6. The smallest absolute Gasteiger partial charge is 0.0840 e. The van der Waals surface area contributed by atoms with E-state index in [-0.39, 0.29) is 0 Å². The molecule has 0 heterocycles. The van der Waals surface area contributed by atoms with Gasteiger partial charge in [0.15, 0.2) is 0 Å². The van der Waals surface area contributed by atoms with E-state index in [9.17, 15) is 0 Å². The lowest BCUT2D eigenvalue weighted by molar-refractivity contribution is 0.527. The van der Waals surface area contributed by atoms with Gasteiger partial charge in [-0.25, -0.2) is 0 Å². The molecule has 64 valence electrons. The summed E-state index contributed by atoms with van der Waals surface area (Å²) in [6.07, 6.45) is 3.77. The fraction of sp³-hybridized carbons (Fsp3) is 0.889. The molecule has 11 heavy (non-hydrogen) atoms. The molecule has 0 aliphatic carbocycles. The van der Waals surface area contributed by atoms with Crippen molar-refractivity contribution in [2.75, 3.05) is 13.1 Å². The Balaban J connectivity index is 2.86. The van der Waals surface area contributed by atoms with Crippen LogP contribution < -0.4 is 5.32 Å². The summed E-state index contributed by atoms with van der Waals surface area (Å²) in [6, 6.07) is 2.06. The maximum Gasteiger partial charge on any atom is 0.0840 e. The zero-order valence-electron chi connectivity index (χ0n) is 7.56. The maximum absolute atomic E-state index is 8.20. The lowest BCUT2D eigenvalue weighted by atomic mass is 10.1. The standard InChI is InChI=1S/C9H18N2/c1-9(2)5-3-4-7-11-8-6-10/h9,11H,3-5,7-8H2,1-2H3. The van der Waals surface area contributed by atoms with Gasteiger partial charge in [0.2, 0.25) is 0 Å². The quantitative estimate of drug-likeness (QED) is 0.468. The van der Waals surface area contributed by atoms with E-state index in [0.29, 0.717) is 6.54 Å². The largest absolute Gasteiger partial charge is 0.304 e. The topological polar surface area (TPSA) is 35.8 Å². The minimum absolute atomic E-state index is 0.488. The third-order valence-electron chi connectivity index (χ3n) is 1.59. The number of nitrogens with one attached hydrogen (secondary N) is 1. The Bertz CT molecular complexity index is 113. The number of nitrogens with zero attached hydrogens (tertiary/aromatic N) is 1. The van der Waals surface area contributed by atoms with Gasteiger partial charge >= 0.3 is 0 Å². The van der Waals surface area contributed by atoms with E-state index in [1.165, 1.54) is 19.3 Å². The zero-order valence-corrected chi connectivity index (χ0v) is 7.56. The van der Waals surface area contributed by atoms with Crippen molar-refractivity contribution in [2.45, 2.75) is 33.1 Å². The molecule has 0 radical (unpaired) electrons. The molecule has 0 atom stereocenters. The average molecular weight is 154 g/mol. The molecule has 1 N–H and O–H groups in total. The minimum Gasteiger partial charge on any atom is -0.304 e. The van der Waals surface area contributed by atoms with E-state index < -0.39 is 0 Å². The molecule has 0 amide bonds. The number of unbranched alkanes of at least 4 members (excludes halogenated alkanes) is 1. The molecule has 0 rings (SSSR count). The molecule has 0 fully saturated rings. The Morgan fingerprint density at radius 3 is 2.64 bits per heavy atom. The molecule has 0 aliphatic rings. The van der Waals surface area contributed by atoms with Crippen LogP contribution in [0.1, 0.15) is 33.1 Å². The summed E-state index contributed by atoms with van der Waals surface area (Å²) >= 11 is 0. The number of nitriles is 1. The Hall–Kier alpha value is -0.550. The van der Waals surface area contributed by atoms with Crippen LogP contribution in [0.15, 0.2) is 0 Å². The molecule has 0 saturated carbocycles. The lowest BCUT2D eigenvalue weighted by Crippen LogP contribution is -2.15. The molecule has 0 bridgehead atoms. The van der Waals surface area contributed by atoms with Crippen LogP contribution in [-0.4, -0.2) is 13.1 Å². The van der Waals surface area contributed by atoms with Crippen molar-refractivity contribution in [1.82, 2.24) is 5.32 Å². The summed E-state index contributed by atoms with van der Waals surface area (Å²) < 4.78 is 0. The van der Waals surface area contributed by atoms with E-state index >= 15 is 0 Å².